The molecular weight excluding hydrogens is 676 g/mol. The van der Waals surface area contributed by atoms with Crippen LogP contribution in [0, 0.1) is 6.92 Å². The van der Waals surface area contributed by atoms with E-state index in [4.69, 9.17) is 18.9 Å². The van der Waals surface area contributed by atoms with E-state index in [0.29, 0.717) is 56.6 Å². The van der Waals surface area contributed by atoms with E-state index in [1.807, 2.05) is 17.2 Å². The number of benzene rings is 3. The van der Waals surface area contributed by atoms with Crippen molar-refractivity contribution >= 4 is 33.1 Å². The van der Waals surface area contributed by atoms with Crippen LogP contribution < -0.4 is 15.1 Å². The fourth-order valence-electron chi connectivity index (χ4n) is 6.98. The van der Waals surface area contributed by atoms with Gasteiger partial charge in [-0.05, 0) is 68.1 Å². The highest BCUT2D eigenvalue weighted by Gasteiger charge is 2.46. The van der Waals surface area contributed by atoms with Gasteiger partial charge in [0.05, 0.1) is 24.2 Å². The Morgan fingerprint density at radius 2 is 1.87 bits per heavy atom. The van der Waals surface area contributed by atoms with E-state index in [0.717, 1.165) is 11.3 Å². The Morgan fingerprint density at radius 1 is 1.08 bits per heavy atom. The maximum atomic E-state index is 13.2. The fourth-order valence-corrected chi connectivity index (χ4v) is 6.98. The fraction of sp³-hybridized carbons (Fsp3) is 0.368. The molecule has 3 aromatic carbocycles. The monoisotopic (exact) mass is 716 g/mol. The van der Waals surface area contributed by atoms with Crippen molar-refractivity contribution in [3.05, 3.63) is 93.6 Å². The third-order valence-electron chi connectivity index (χ3n) is 9.93. The SMILES string of the molecule is Cc1cc(=O)c2cc3c(c(N4C=C5C=CN=C5C4)c2o1)OC(C)(C)[C@H](OOC[C@@](O)(Cc1ccc(O)c2ccc(O)cc12)[C@@H](O)[C@H](O)[C@H](O)CO)C3. The number of aliphatic hydroxyl groups is 5. The zero-order valence-corrected chi connectivity index (χ0v) is 28.7. The van der Waals surface area contributed by atoms with E-state index in [2.05, 4.69) is 4.99 Å². The summed E-state index contributed by atoms with van der Waals surface area (Å²) in [5.41, 5.74) is 0.0900. The van der Waals surface area contributed by atoms with E-state index in [9.17, 15) is 40.5 Å². The number of rotatable bonds is 11. The lowest BCUT2D eigenvalue weighted by atomic mass is 9.84. The summed E-state index contributed by atoms with van der Waals surface area (Å²) < 4.78 is 12.7. The van der Waals surface area contributed by atoms with Gasteiger partial charge in [-0.3, -0.25) is 9.79 Å². The van der Waals surface area contributed by atoms with Gasteiger partial charge in [-0.15, -0.1) is 0 Å². The van der Waals surface area contributed by atoms with Crippen LogP contribution in [0.25, 0.3) is 21.7 Å². The molecule has 0 saturated heterocycles. The van der Waals surface area contributed by atoms with Gasteiger partial charge in [0, 0.05) is 47.8 Å². The number of allylic oxidation sites excluding steroid dienone is 1. The molecule has 0 radical (unpaired) electrons. The molecule has 0 bridgehead atoms. The number of anilines is 1. The number of phenols is 2. The predicted octanol–water partition coefficient (Wildman–Crippen LogP) is 2.42. The van der Waals surface area contributed by atoms with Gasteiger partial charge in [-0.2, -0.15) is 0 Å². The summed E-state index contributed by atoms with van der Waals surface area (Å²) in [7, 11) is 0. The molecule has 0 unspecified atom stereocenters. The van der Waals surface area contributed by atoms with Gasteiger partial charge in [0.25, 0.3) is 0 Å². The van der Waals surface area contributed by atoms with Gasteiger partial charge >= 0.3 is 0 Å². The van der Waals surface area contributed by atoms with Crippen molar-refractivity contribution < 1.29 is 54.7 Å². The second-order valence-electron chi connectivity index (χ2n) is 14.1. The van der Waals surface area contributed by atoms with E-state index in [1.165, 1.54) is 36.4 Å². The normalized spacial score (nSPS) is 20.5. The minimum Gasteiger partial charge on any atom is -0.508 e. The van der Waals surface area contributed by atoms with Gasteiger partial charge in [0.1, 0.15) is 65.2 Å². The van der Waals surface area contributed by atoms with Crippen LogP contribution in [0.5, 0.6) is 17.2 Å². The molecule has 0 aliphatic carbocycles. The number of hydrogen-bond donors (Lipinski definition) is 7. The molecule has 3 aliphatic rings. The minimum absolute atomic E-state index is 0.0864. The molecule has 0 saturated carbocycles. The minimum atomic E-state index is -2.35. The van der Waals surface area contributed by atoms with E-state index < -0.39 is 55.3 Å². The smallest absolute Gasteiger partial charge is 0.193 e. The molecule has 274 valence electrons. The van der Waals surface area contributed by atoms with Crippen LogP contribution >= 0.6 is 0 Å². The Kier molecular flexibility index (Phi) is 9.11. The van der Waals surface area contributed by atoms with Crippen molar-refractivity contribution in [2.24, 2.45) is 4.99 Å². The molecule has 5 atom stereocenters. The summed E-state index contributed by atoms with van der Waals surface area (Å²) in [4.78, 5) is 31.2. The Balaban J connectivity index is 1.19. The average Bonchev–Trinajstić information content (AvgIpc) is 3.71. The first-order chi connectivity index (χ1) is 24.7. The first-order valence-electron chi connectivity index (χ1n) is 16.8. The summed E-state index contributed by atoms with van der Waals surface area (Å²) in [6.07, 6.45) is -1.35. The highest BCUT2D eigenvalue weighted by molar-refractivity contribution is 6.12. The van der Waals surface area contributed by atoms with Crippen LogP contribution in [0.4, 0.5) is 5.69 Å². The maximum absolute atomic E-state index is 13.2. The highest BCUT2D eigenvalue weighted by Crippen LogP contribution is 2.47. The summed E-state index contributed by atoms with van der Waals surface area (Å²) in [5, 5.41) is 75.0. The molecule has 52 heavy (non-hydrogen) atoms. The number of aryl methyl sites for hydroxylation is 1. The number of fused-ring (bicyclic) bond motifs is 4. The molecule has 14 nitrogen and oxygen atoms in total. The van der Waals surface area contributed by atoms with Gasteiger partial charge in [0.15, 0.2) is 16.8 Å². The Hall–Kier alpha value is -4.80. The largest absolute Gasteiger partial charge is 0.508 e. The van der Waals surface area contributed by atoms with Crippen molar-refractivity contribution in [3.63, 3.8) is 0 Å². The van der Waals surface area contributed by atoms with Gasteiger partial charge in [-0.25, -0.2) is 9.78 Å². The second kappa shape index (κ2) is 13.3. The molecule has 0 spiro atoms. The Labute approximate surface area is 297 Å². The number of hydrogen-bond acceptors (Lipinski definition) is 14. The summed E-state index contributed by atoms with van der Waals surface area (Å²) in [6, 6.07) is 10.2. The van der Waals surface area contributed by atoms with Crippen molar-refractivity contribution in [2.45, 2.75) is 69.2 Å². The molecule has 4 heterocycles. The first-order valence-corrected chi connectivity index (χ1v) is 16.8. The van der Waals surface area contributed by atoms with Crippen LogP contribution in [0.1, 0.15) is 30.7 Å². The highest BCUT2D eigenvalue weighted by atomic mass is 17.2. The summed E-state index contributed by atoms with van der Waals surface area (Å²) in [5.74, 6) is 0.730. The molecular formula is C38H40N2O12. The maximum Gasteiger partial charge on any atom is 0.193 e. The van der Waals surface area contributed by atoms with Crippen LogP contribution in [0.3, 0.4) is 0 Å². The number of ether oxygens (including phenoxy) is 1. The van der Waals surface area contributed by atoms with Gasteiger partial charge in [-0.1, -0.05) is 6.07 Å². The Bertz CT molecular complexity index is 2210. The third-order valence-corrected chi connectivity index (χ3v) is 9.93. The van der Waals surface area contributed by atoms with Crippen LogP contribution in [-0.4, -0.2) is 96.8 Å². The quantitative estimate of drug-likeness (QED) is 0.0879. The van der Waals surface area contributed by atoms with Gasteiger partial charge < -0.3 is 49.8 Å². The first kappa shape index (κ1) is 35.6. The predicted molar refractivity (Wildman–Crippen MR) is 189 cm³/mol. The molecule has 14 heteroatoms. The van der Waals surface area contributed by atoms with Crippen LogP contribution in [0.15, 0.2) is 80.7 Å². The number of aliphatic hydroxyl groups excluding tert-OH is 4. The van der Waals surface area contributed by atoms with E-state index >= 15 is 0 Å². The zero-order valence-electron chi connectivity index (χ0n) is 28.7. The van der Waals surface area contributed by atoms with Crippen LogP contribution in [-0.2, 0) is 22.6 Å². The third kappa shape index (κ3) is 6.32. The lowest BCUT2D eigenvalue weighted by Crippen LogP contribution is -2.57. The molecule has 1 aromatic heterocycles. The lowest BCUT2D eigenvalue weighted by molar-refractivity contribution is -0.369. The van der Waals surface area contributed by atoms with Crippen molar-refractivity contribution in [2.75, 3.05) is 24.7 Å². The van der Waals surface area contributed by atoms with Crippen molar-refractivity contribution in [1.82, 2.24) is 0 Å². The van der Waals surface area contributed by atoms with E-state index in [1.54, 1.807) is 33.0 Å². The van der Waals surface area contributed by atoms with E-state index in [-0.39, 0.29) is 23.3 Å². The lowest BCUT2D eigenvalue weighted by Gasteiger charge is -2.41. The molecule has 4 aromatic rings. The zero-order chi connectivity index (χ0) is 37.1. The van der Waals surface area contributed by atoms with Crippen LogP contribution in [0.2, 0.25) is 0 Å². The number of phenolic OH excluding ortho intramolecular Hbond substituents is 2. The van der Waals surface area contributed by atoms with Crippen molar-refractivity contribution in [1.29, 1.82) is 0 Å². The molecule has 7 N–H and O–H groups in total. The summed E-state index contributed by atoms with van der Waals surface area (Å²) in [6.45, 7) is 4.06. The average molecular weight is 717 g/mol. The summed E-state index contributed by atoms with van der Waals surface area (Å²) >= 11 is 0. The second-order valence-corrected chi connectivity index (χ2v) is 14.1. The molecule has 0 fully saturated rings. The van der Waals surface area contributed by atoms with Gasteiger partial charge in [0.2, 0.25) is 0 Å². The molecule has 0 amide bonds. The molecule has 7 rings (SSSR count). The molecule has 3 aliphatic heterocycles. The number of aliphatic imine (C=N–C) groups is 1. The van der Waals surface area contributed by atoms with Crippen molar-refractivity contribution in [3.8, 4) is 17.2 Å². The number of aromatic hydroxyl groups is 2. The standard InChI is InChI=1S/C38H40N2O12/c1-19-10-29(44)26-11-22-12-31(37(2,3)51-34(22)32(35(26)50-19)40-15-21-8-9-39-27(21)16-40)52-49-18-38(48,36(47)33(46)30(45)17-41)14-20-4-7-28(43)24-6-5-23(42)13-25(20)24/h4-11,13,15,30-31,33,36,41-43,45-48H,12,14,16-18H2,1-3H3/t30-,31-,33-,36+,38+/m1/s1. The number of nitrogens with zero attached hydrogens (tertiary/aromatic N) is 2. The Morgan fingerprint density at radius 3 is 2.62 bits per heavy atom. The topological polar surface area (TPSA) is 215 Å².